The summed E-state index contributed by atoms with van der Waals surface area (Å²) in [4.78, 5) is 25.0. The van der Waals surface area contributed by atoms with Gasteiger partial charge < -0.3 is 15.0 Å². The number of hydrogen-bond donors (Lipinski definition) is 2. The summed E-state index contributed by atoms with van der Waals surface area (Å²) < 4.78 is 32.4. The van der Waals surface area contributed by atoms with E-state index < -0.39 is 10.0 Å². The van der Waals surface area contributed by atoms with Crippen molar-refractivity contribution in [1.82, 2.24) is 14.9 Å². The van der Waals surface area contributed by atoms with E-state index in [0.717, 1.165) is 0 Å². The minimum atomic E-state index is -3.70. The number of hydrogen-bond acceptors (Lipinski definition) is 5. The van der Waals surface area contributed by atoms with E-state index in [-0.39, 0.29) is 22.8 Å². The van der Waals surface area contributed by atoms with Gasteiger partial charge in [0, 0.05) is 45.3 Å². The highest BCUT2D eigenvalue weighted by Gasteiger charge is 2.27. The fraction of sp³-hybridized carbons (Fsp3) is 0.500. The van der Waals surface area contributed by atoms with Crippen LogP contribution in [0, 0.1) is 0 Å². The molecular weight excluding hydrogens is 346 g/mol. The second-order valence-corrected chi connectivity index (χ2v) is 7.62. The Labute approximate surface area is 147 Å². The Morgan fingerprint density at radius 1 is 1.32 bits per heavy atom. The number of piperidine rings is 1. The largest absolute Gasteiger partial charge is 0.383 e. The second kappa shape index (κ2) is 8.41. The van der Waals surface area contributed by atoms with E-state index in [4.69, 9.17) is 4.74 Å². The molecule has 0 unspecified atom stereocenters. The molecule has 1 heterocycles. The molecule has 1 aromatic rings. The fourth-order valence-electron chi connectivity index (χ4n) is 2.55. The highest BCUT2D eigenvalue weighted by atomic mass is 32.2. The molecule has 0 bridgehead atoms. The molecule has 1 atom stereocenters. The lowest BCUT2D eigenvalue weighted by molar-refractivity contribution is -0.132. The van der Waals surface area contributed by atoms with Crippen molar-refractivity contribution in [1.29, 1.82) is 0 Å². The lowest BCUT2D eigenvalue weighted by atomic mass is 10.1. The topological polar surface area (TPSA) is 105 Å². The average molecular weight is 369 g/mol. The van der Waals surface area contributed by atoms with Gasteiger partial charge in [-0.1, -0.05) is 0 Å². The van der Waals surface area contributed by atoms with Gasteiger partial charge in [-0.15, -0.1) is 0 Å². The average Bonchev–Trinajstić information content (AvgIpc) is 2.58. The number of amides is 2. The Bertz CT molecular complexity index is 718. The quantitative estimate of drug-likeness (QED) is 0.657. The maximum atomic E-state index is 12.4. The third-order valence-electron chi connectivity index (χ3n) is 3.97. The van der Waals surface area contributed by atoms with Crippen molar-refractivity contribution in [3.05, 3.63) is 29.8 Å². The standard InChI is InChI=1S/C16H23N3O5S/c1-19-11-13(5-8-15(19)20)18-25(22,23)14-6-3-12(4-7-14)16(21)17-9-10-24-2/h3-4,6-7,13,18H,5,8-11H2,1-2H3,(H,17,21)/t13-/m0/s1. The molecule has 2 N–H and O–H groups in total. The Balaban J connectivity index is 2.00. The van der Waals surface area contributed by atoms with Crippen LogP contribution >= 0.6 is 0 Å². The van der Waals surface area contributed by atoms with E-state index in [1.807, 2.05) is 0 Å². The van der Waals surface area contributed by atoms with E-state index in [2.05, 4.69) is 10.0 Å². The monoisotopic (exact) mass is 369 g/mol. The van der Waals surface area contributed by atoms with Gasteiger partial charge in [0.1, 0.15) is 0 Å². The first-order valence-electron chi connectivity index (χ1n) is 7.97. The van der Waals surface area contributed by atoms with Gasteiger partial charge in [0.05, 0.1) is 11.5 Å². The van der Waals surface area contributed by atoms with Crippen LogP contribution in [0.25, 0.3) is 0 Å². The van der Waals surface area contributed by atoms with Gasteiger partial charge in [-0.3, -0.25) is 9.59 Å². The van der Waals surface area contributed by atoms with Crippen LogP contribution in [0.1, 0.15) is 23.2 Å². The predicted molar refractivity (Wildman–Crippen MR) is 91.6 cm³/mol. The zero-order chi connectivity index (χ0) is 18.4. The number of likely N-dealkylation sites (N-methyl/N-ethyl adjacent to an activating group) is 1. The van der Waals surface area contributed by atoms with Crippen LogP contribution in [0.2, 0.25) is 0 Å². The lowest BCUT2D eigenvalue weighted by Crippen LogP contribution is -2.48. The van der Waals surface area contributed by atoms with Gasteiger partial charge >= 0.3 is 0 Å². The molecule has 0 radical (unpaired) electrons. The molecule has 9 heteroatoms. The summed E-state index contributed by atoms with van der Waals surface area (Å²) in [6.07, 6.45) is 0.798. The summed E-state index contributed by atoms with van der Waals surface area (Å²) in [6.45, 7) is 1.13. The Morgan fingerprint density at radius 3 is 2.60 bits per heavy atom. The molecule has 25 heavy (non-hydrogen) atoms. The molecule has 0 spiro atoms. The number of sulfonamides is 1. The van der Waals surface area contributed by atoms with Gasteiger partial charge in [0.25, 0.3) is 5.91 Å². The van der Waals surface area contributed by atoms with Crippen LogP contribution in [0.15, 0.2) is 29.2 Å². The molecule has 138 valence electrons. The Morgan fingerprint density at radius 2 is 2.00 bits per heavy atom. The maximum Gasteiger partial charge on any atom is 0.251 e. The van der Waals surface area contributed by atoms with Crippen molar-refractivity contribution < 1.29 is 22.7 Å². The van der Waals surface area contributed by atoms with Crippen LogP contribution in [-0.4, -0.2) is 65.0 Å². The van der Waals surface area contributed by atoms with E-state index >= 15 is 0 Å². The molecule has 1 aliphatic heterocycles. The molecule has 1 fully saturated rings. The molecule has 0 aliphatic carbocycles. The summed E-state index contributed by atoms with van der Waals surface area (Å²) >= 11 is 0. The molecule has 0 aromatic heterocycles. The summed E-state index contributed by atoms with van der Waals surface area (Å²) in [5.41, 5.74) is 0.373. The number of carbonyl (C=O) groups excluding carboxylic acids is 2. The minimum absolute atomic E-state index is 0.0132. The minimum Gasteiger partial charge on any atom is -0.383 e. The van der Waals surface area contributed by atoms with E-state index in [9.17, 15) is 18.0 Å². The van der Waals surface area contributed by atoms with Crippen molar-refractivity contribution >= 4 is 21.8 Å². The van der Waals surface area contributed by atoms with Crippen LogP contribution in [0.4, 0.5) is 0 Å². The van der Waals surface area contributed by atoms with Crippen molar-refractivity contribution in [2.45, 2.75) is 23.8 Å². The highest BCUT2D eigenvalue weighted by molar-refractivity contribution is 7.89. The van der Waals surface area contributed by atoms with Crippen LogP contribution < -0.4 is 10.0 Å². The summed E-state index contributed by atoms with van der Waals surface area (Å²) in [7, 11) is -0.511. The van der Waals surface area contributed by atoms with Crippen molar-refractivity contribution in [2.75, 3.05) is 33.9 Å². The van der Waals surface area contributed by atoms with Gasteiger partial charge in [-0.05, 0) is 30.7 Å². The number of nitrogens with zero attached hydrogens (tertiary/aromatic N) is 1. The molecule has 0 saturated carbocycles. The first-order valence-corrected chi connectivity index (χ1v) is 9.45. The van der Waals surface area contributed by atoms with E-state index in [0.29, 0.717) is 38.1 Å². The molecule has 2 amide bonds. The zero-order valence-corrected chi connectivity index (χ0v) is 15.1. The van der Waals surface area contributed by atoms with Gasteiger partial charge in [0.15, 0.2) is 0 Å². The molecule has 8 nitrogen and oxygen atoms in total. The summed E-state index contributed by atoms with van der Waals surface area (Å²) in [5.74, 6) is -0.277. The summed E-state index contributed by atoms with van der Waals surface area (Å²) in [5, 5.41) is 2.67. The number of ether oxygens (including phenoxy) is 1. The van der Waals surface area contributed by atoms with Crippen molar-refractivity contribution in [3.63, 3.8) is 0 Å². The van der Waals surface area contributed by atoms with Gasteiger partial charge in [-0.2, -0.15) is 0 Å². The van der Waals surface area contributed by atoms with Crippen LogP contribution in [0.3, 0.4) is 0 Å². The fourth-order valence-corrected chi connectivity index (χ4v) is 3.81. The zero-order valence-electron chi connectivity index (χ0n) is 14.3. The predicted octanol–water partition coefficient (Wildman–Crippen LogP) is -0.0381. The number of methoxy groups -OCH3 is 1. The number of nitrogens with one attached hydrogen (secondary N) is 2. The van der Waals surface area contributed by atoms with Crippen molar-refractivity contribution in [3.8, 4) is 0 Å². The second-order valence-electron chi connectivity index (χ2n) is 5.90. The first kappa shape index (κ1) is 19.4. The molecular formula is C16H23N3O5S. The lowest BCUT2D eigenvalue weighted by Gasteiger charge is -2.29. The normalized spacial score (nSPS) is 18.2. The smallest absolute Gasteiger partial charge is 0.251 e. The third-order valence-corrected chi connectivity index (χ3v) is 5.50. The van der Waals surface area contributed by atoms with E-state index in [1.165, 1.54) is 29.2 Å². The van der Waals surface area contributed by atoms with Crippen LogP contribution in [-0.2, 0) is 19.6 Å². The Hall–Kier alpha value is -1.97. The highest BCUT2D eigenvalue weighted by Crippen LogP contribution is 2.15. The van der Waals surface area contributed by atoms with Gasteiger partial charge in [-0.25, -0.2) is 13.1 Å². The number of benzene rings is 1. The van der Waals surface area contributed by atoms with Crippen molar-refractivity contribution in [2.24, 2.45) is 0 Å². The Kier molecular flexibility index (Phi) is 6.51. The molecule has 1 saturated heterocycles. The van der Waals surface area contributed by atoms with E-state index in [1.54, 1.807) is 14.2 Å². The third kappa shape index (κ3) is 5.25. The van der Waals surface area contributed by atoms with Gasteiger partial charge in [0.2, 0.25) is 15.9 Å². The molecule has 1 aromatic carbocycles. The first-order chi connectivity index (χ1) is 11.8. The summed E-state index contributed by atoms with van der Waals surface area (Å²) in [6, 6.07) is 5.40. The molecule has 2 rings (SSSR count). The number of rotatable bonds is 7. The number of carbonyl (C=O) groups is 2. The molecule has 1 aliphatic rings. The van der Waals surface area contributed by atoms with Crippen LogP contribution in [0.5, 0.6) is 0 Å². The number of likely N-dealkylation sites (tertiary alicyclic amines) is 1. The maximum absolute atomic E-state index is 12.4. The SMILES string of the molecule is COCCNC(=O)c1ccc(S(=O)(=O)N[C@H]2CCC(=O)N(C)C2)cc1.